The molecule has 1 aromatic heterocycles. The average molecular weight is 386 g/mol. The van der Waals surface area contributed by atoms with Gasteiger partial charge in [-0.25, -0.2) is 9.37 Å². The van der Waals surface area contributed by atoms with Crippen LogP contribution >= 0.6 is 15.9 Å². The number of amides is 1. The van der Waals surface area contributed by atoms with Crippen molar-refractivity contribution in [3.05, 3.63) is 76.3 Å². The van der Waals surface area contributed by atoms with Gasteiger partial charge in [0.15, 0.2) is 0 Å². The molecule has 0 aliphatic carbocycles. The van der Waals surface area contributed by atoms with Crippen molar-refractivity contribution < 1.29 is 9.18 Å². The molecule has 0 aliphatic heterocycles. The predicted octanol–water partition coefficient (Wildman–Crippen LogP) is 3.86. The van der Waals surface area contributed by atoms with E-state index in [9.17, 15) is 9.18 Å². The SMILES string of the molecule is O=C(C=Cc1cnc2ccccc2n1)NCc1cc(F)ccc1Br. The molecule has 3 rings (SSSR count). The van der Waals surface area contributed by atoms with Crippen molar-refractivity contribution in [2.75, 3.05) is 0 Å². The van der Waals surface area contributed by atoms with E-state index < -0.39 is 0 Å². The number of nitrogens with zero attached hydrogens (tertiary/aromatic N) is 2. The highest BCUT2D eigenvalue weighted by atomic mass is 79.9. The molecule has 6 heteroatoms. The average Bonchev–Trinajstić information content (AvgIpc) is 2.60. The van der Waals surface area contributed by atoms with Crippen LogP contribution in [0.25, 0.3) is 17.1 Å². The fraction of sp³-hybridized carbons (Fsp3) is 0.0556. The van der Waals surface area contributed by atoms with E-state index in [0.717, 1.165) is 15.5 Å². The first-order chi connectivity index (χ1) is 11.6. The predicted molar refractivity (Wildman–Crippen MR) is 94.5 cm³/mol. The monoisotopic (exact) mass is 385 g/mol. The molecule has 24 heavy (non-hydrogen) atoms. The molecule has 3 aromatic rings. The van der Waals surface area contributed by atoms with Gasteiger partial charge in [-0.2, -0.15) is 0 Å². The number of halogens is 2. The van der Waals surface area contributed by atoms with Crippen molar-refractivity contribution in [2.45, 2.75) is 6.54 Å². The van der Waals surface area contributed by atoms with Crippen molar-refractivity contribution in [1.29, 1.82) is 0 Å². The highest BCUT2D eigenvalue weighted by Crippen LogP contribution is 2.17. The quantitative estimate of drug-likeness (QED) is 0.693. The van der Waals surface area contributed by atoms with Crippen molar-refractivity contribution >= 4 is 38.9 Å². The zero-order chi connectivity index (χ0) is 16.9. The van der Waals surface area contributed by atoms with Gasteiger partial charge in [-0.1, -0.05) is 28.1 Å². The van der Waals surface area contributed by atoms with Crippen LogP contribution in [0.1, 0.15) is 11.3 Å². The van der Waals surface area contributed by atoms with Gasteiger partial charge in [0.05, 0.1) is 22.9 Å². The van der Waals surface area contributed by atoms with Crippen molar-refractivity contribution in [2.24, 2.45) is 0 Å². The minimum Gasteiger partial charge on any atom is -0.348 e. The number of para-hydroxylation sites is 2. The number of nitrogens with one attached hydrogen (secondary N) is 1. The van der Waals surface area contributed by atoms with Crippen LogP contribution in [0.2, 0.25) is 0 Å². The Balaban J connectivity index is 1.65. The lowest BCUT2D eigenvalue weighted by Gasteiger charge is -2.05. The topological polar surface area (TPSA) is 54.9 Å². The number of hydrogen-bond donors (Lipinski definition) is 1. The van der Waals surface area contributed by atoms with Gasteiger partial charge in [0, 0.05) is 17.1 Å². The molecule has 0 radical (unpaired) electrons. The first-order valence-electron chi connectivity index (χ1n) is 7.23. The maximum Gasteiger partial charge on any atom is 0.244 e. The van der Waals surface area contributed by atoms with E-state index in [0.29, 0.717) is 11.3 Å². The second kappa shape index (κ2) is 7.31. The summed E-state index contributed by atoms with van der Waals surface area (Å²) in [7, 11) is 0. The summed E-state index contributed by atoms with van der Waals surface area (Å²) >= 11 is 3.32. The smallest absolute Gasteiger partial charge is 0.244 e. The largest absolute Gasteiger partial charge is 0.348 e. The fourth-order valence-electron chi connectivity index (χ4n) is 2.13. The number of hydrogen-bond acceptors (Lipinski definition) is 3. The van der Waals surface area contributed by atoms with Crippen LogP contribution in [-0.2, 0) is 11.3 Å². The second-order valence-corrected chi connectivity index (χ2v) is 5.92. The summed E-state index contributed by atoms with van der Waals surface area (Å²) < 4.78 is 14.0. The Bertz CT molecular complexity index is 927. The molecular weight excluding hydrogens is 373 g/mol. The Kier molecular flexibility index (Phi) is 4.96. The maximum atomic E-state index is 13.2. The van der Waals surface area contributed by atoms with E-state index >= 15 is 0 Å². The Hall–Kier alpha value is -2.60. The normalized spacial score (nSPS) is 11.1. The summed E-state index contributed by atoms with van der Waals surface area (Å²) in [4.78, 5) is 20.6. The lowest BCUT2D eigenvalue weighted by atomic mass is 10.2. The van der Waals surface area contributed by atoms with Gasteiger partial charge in [-0.3, -0.25) is 9.78 Å². The van der Waals surface area contributed by atoms with Gasteiger partial charge in [0.25, 0.3) is 0 Å². The summed E-state index contributed by atoms with van der Waals surface area (Å²) in [6.07, 6.45) is 4.58. The van der Waals surface area contributed by atoms with E-state index in [1.54, 1.807) is 18.3 Å². The van der Waals surface area contributed by atoms with Gasteiger partial charge in [-0.15, -0.1) is 0 Å². The van der Waals surface area contributed by atoms with Gasteiger partial charge in [0.1, 0.15) is 5.82 Å². The molecule has 1 amide bonds. The molecule has 1 heterocycles. The van der Waals surface area contributed by atoms with Crippen LogP contribution in [0, 0.1) is 5.82 Å². The number of benzene rings is 2. The minimum absolute atomic E-state index is 0.227. The maximum absolute atomic E-state index is 13.2. The molecule has 1 N–H and O–H groups in total. The van der Waals surface area contributed by atoms with E-state index in [2.05, 4.69) is 31.2 Å². The number of aromatic nitrogens is 2. The fourth-order valence-corrected chi connectivity index (χ4v) is 2.52. The zero-order valence-electron chi connectivity index (χ0n) is 12.5. The molecule has 120 valence electrons. The Morgan fingerprint density at radius 3 is 2.83 bits per heavy atom. The molecule has 0 fully saturated rings. The number of rotatable bonds is 4. The van der Waals surface area contributed by atoms with Crippen LogP contribution < -0.4 is 5.32 Å². The van der Waals surface area contributed by atoms with E-state index in [1.165, 1.54) is 18.2 Å². The first kappa shape index (κ1) is 16.3. The zero-order valence-corrected chi connectivity index (χ0v) is 14.1. The summed E-state index contributed by atoms with van der Waals surface area (Å²) in [5, 5.41) is 2.70. The third-order valence-corrected chi connectivity index (χ3v) is 4.11. The Morgan fingerprint density at radius 1 is 1.21 bits per heavy atom. The van der Waals surface area contributed by atoms with Gasteiger partial charge >= 0.3 is 0 Å². The number of fused-ring (bicyclic) bond motifs is 1. The second-order valence-electron chi connectivity index (χ2n) is 5.07. The molecule has 4 nitrogen and oxygen atoms in total. The van der Waals surface area contributed by atoms with Crippen LogP contribution in [-0.4, -0.2) is 15.9 Å². The lowest BCUT2D eigenvalue weighted by Crippen LogP contribution is -2.20. The summed E-state index contributed by atoms with van der Waals surface area (Å²) in [6.45, 7) is 0.227. The van der Waals surface area contributed by atoms with Gasteiger partial charge in [0.2, 0.25) is 5.91 Å². The molecule has 0 atom stereocenters. The summed E-state index contributed by atoms with van der Waals surface area (Å²) in [5.74, 6) is -0.634. The third kappa shape index (κ3) is 4.02. The standard InChI is InChI=1S/C18H13BrFN3O/c19-15-7-5-13(20)9-12(15)10-22-18(24)8-6-14-11-21-16-3-1-2-4-17(16)23-14/h1-9,11H,10H2,(H,22,24). The summed E-state index contributed by atoms with van der Waals surface area (Å²) in [6, 6.07) is 11.9. The van der Waals surface area contributed by atoms with Crippen LogP contribution in [0.15, 0.2) is 59.2 Å². The Morgan fingerprint density at radius 2 is 2.00 bits per heavy atom. The molecule has 0 spiro atoms. The van der Waals surface area contributed by atoms with E-state index in [-0.39, 0.29) is 18.3 Å². The third-order valence-electron chi connectivity index (χ3n) is 3.33. The summed E-state index contributed by atoms with van der Waals surface area (Å²) in [5.41, 5.74) is 2.83. The molecule has 0 aliphatic rings. The lowest BCUT2D eigenvalue weighted by molar-refractivity contribution is -0.116. The van der Waals surface area contributed by atoms with Crippen LogP contribution in [0.4, 0.5) is 4.39 Å². The highest BCUT2D eigenvalue weighted by molar-refractivity contribution is 9.10. The van der Waals surface area contributed by atoms with Crippen LogP contribution in [0.5, 0.6) is 0 Å². The highest BCUT2D eigenvalue weighted by Gasteiger charge is 2.03. The van der Waals surface area contributed by atoms with E-state index in [1.807, 2.05) is 24.3 Å². The van der Waals surface area contributed by atoms with Gasteiger partial charge < -0.3 is 5.32 Å². The number of carbonyl (C=O) groups is 1. The van der Waals surface area contributed by atoms with Crippen molar-refractivity contribution in [1.82, 2.24) is 15.3 Å². The van der Waals surface area contributed by atoms with Crippen LogP contribution in [0.3, 0.4) is 0 Å². The molecule has 0 saturated carbocycles. The molecule has 2 aromatic carbocycles. The van der Waals surface area contributed by atoms with Crippen molar-refractivity contribution in [3.8, 4) is 0 Å². The number of carbonyl (C=O) groups excluding carboxylic acids is 1. The molecule has 0 unspecified atom stereocenters. The molecule has 0 saturated heterocycles. The minimum atomic E-state index is -0.343. The van der Waals surface area contributed by atoms with Crippen molar-refractivity contribution in [3.63, 3.8) is 0 Å². The molecular formula is C18H13BrFN3O. The van der Waals surface area contributed by atoms with E-state index in [4.69, 9.17) is 0 Å². The Labute approximate surface area is 146 Å². The molecule has 0 bridgehead atoms. The van der Waals surface area contributed by atoms with Gasteiger partial charge in [-0.05, 0) is 42.0 Å². The first-order valence-corrected chi connectivity index (χ1v) is 8.03.